The first-order valence-electron chi connectivity index (χ1n) is 8.53. The van der Waals surface area contributed by atoms with Gasteiger partial charge in [-0.3, -0.25) is 0 Å². The van der Waals surface area contributed by atoms with Crippen LogP contribution in [0.25, 0.3) is 28.1 Å². The number of carbonyl (C=O) groups is 1. The predicted octanol–water partition coefficient (Wildman–Crippen LogP) is 3.75. The van der Waals surface area contributed by atoms with Crippen LogP contribution in [0, 0.1) is 6.92 Å². The molecule has 4 aromatic rings. The van der Waals surface area contributed by atoms with E-state index in [-0.39, 0.29) is 28.1 Å². The molecule has 9 nitrogen and oxygen atoms in total. The minimum absolute atomic E-state index is 0.00742. The van der Waals surface area contributed by atoms with Crippen molar-refractivity contribution in [2.75, 3.05) is 12.9 Å². The van der Waals surface area contributed by atoms with Crippen molar-refractivity contribution in [1.29, 1.82) is 0 Å². The number of aromatic nitrogens is 4. The molecule has 0 bridgehead atoms. The lowest BCUT2D eigenvalue weighted by molar-refractivity contribution is -0.133. The molecule has 0 aliphatic heterocycles. The maximum Gasteiger partial charge on any atom is 0.345 e. The average Bonchev–Trinajstić information content (AvgIpc) is 3.45. The lowest BCUT2D eigenvalue weighted by Gasteiger charge is -2.06. The average molecular weight is 412 g/mol. The molecule has 0 aliphatic carbocycles. The van der Waals surface area contributed by atoms with Gasteiger partial charge in [-0.05, 0) is 25.1 Å². The number of carbonyl (C=O) groups excluding carboxylic acids is 1. The summed E-state index contributed by atoms with van der Waals surface area (Å²) in [5.74, 6) is 0.269. The number of aromatic amines is 1. The van der Waals surface area contributed by atoms with Crippen LogP contribution >= 0.6 is 11.8 Å². The zero-order valence-corrected chi connectivity index (χ0v) is 16.3. The Morgan fingerprint density at radius 1 is 1.28 bits per heavy atom. The normalized spacial score (nSPS) is 12.2. The van der Waals surface area contributed by atoms with Crippen LogP contribution in [0.1, 0.15) is 11.6 Å². The predicted molar refractivity (Wildman–Crippen MR) is 105 cm³/mol. The van der Waals surface area contributed by atoms with E-state index in [2.05, 4.69) is 20.2 Å². The summed E-state index contributed by atoms with van der Waals surface area (Å²) in [4.78, 5) is 19.6. The number of benzene rings is 1. The van der Waals surface area contributed by atoms with Crippen molar-refractivity contribution in [3.63, 3.8) is 0 Å². The highest BCUT2D eigenvalue weighted by Gasteiger charge is 2.23. The highest BCUT2D eigenvalue weighted by atomic mass is 32.2. The Hall–Kier alpha value is -3.53. The van der Waals surface area contributed by atoms with Crippen LogP contribution in [0.5, 0.6) is 0 Å². The number of esters is 1. The highest BCUT2D eigenvalue weighted by Crippen LogP contribution is 2.28. The van der Waals surface area contributed by atoms with Gasteiger partial charge in [-0.1, -0.05) is 23.9 Å². The number of nitrogens with one attached hydrogen (secondary N) is 1. The molecule has 0 unspecified atom stereocenters. The smallest absolute Gasteiger partial charge is 0.345 e. The first kappa shape index (κ1) is 18.8. The number of furan rings is 1. The number of fused-ring (bicyclic) bond motifs is 1. The molecule has 0 saturated carbocycles. The summed E-state index contributed by atoms with van der Waals surface area (Å²) in [5, 5.41) is 18.7. The number of methoxy groups -OCH3 is 1. The maximum absolute atomic E-state index is 12.3. The molecule has 3 heterocycles. The van der Waals surface area contributed by atoms with Crippen LogP contribution in [0.4, 0.5) is 0 Å². The summed E-state index contributed by atoms with van der Waals surface area (Å²) >= 11 is 1.08. The zero-order chi connectivity index (χ0) is 20.4. The quantitative estimate of drug-likeness (QED) is 0.211. The first-order valence-corrected chi connectivity index (χ1v) is 9.51. The second-order valence-corrected chi connectivity index (χ2v) is 6.89. The summed E-state index contributed by atoms with van der Waals surface area (Å²) in [7, 11) is 1.24. The number of hydrogen-bond acceptors (Lipinski definition) is 9. The molecule has 0 amide bonds. The van der Waals surface area contributed by atoms with E-state index in [9.17, 15) is 9.90 Å². The van der Waals surface area contributed by atoms with Gasteiger partial charge in [-0.15, -0.1) is 10.2 Å². The van der Waals surface area contributed by atoms with Gasteiger partial charge < -0.3 is 23.7 Å². The van der Waals surface area contributed by atoms with Gasteiger partial charge in [0.05, 0.1) is 35.7 Å². The fraction of sp³-hybridized carbons (Fsp3) is 0.158. The van der Waals surface area contributed by atoms with Gasteiger partial charge in [0.2, 0.25) is 0 Å². The topological polar surface area (TPSA) is 127 Å². The van der Waals surface area contributed by atoms with Crippen LogP contribution in [-0.2, 0) is 9.53 Å². The van der Waals surface area contributed by atoms with Crippen molar-refractivity contribution >= 4 is 34.3 Å². The molecule has 0 atom stereocenters. The van der Waals surface area contributed by atoms with Crippen molar-refractivity contribution in [2.45, 2.75) is 12.1 Å². The number of nitrogens with zero attached hydrogens (tertiary/aromatic N) is 3. The van der Waals surface area contributed by atoms with Crippen LogP contribution < -0.4 is 0 Å². The van der Waals surface area contributed by atoms with Crippen molar-refractivity contribution in [3.05, 3.63) is 53.9 Å². The third kappa shape index (κ3) is 3.74. The number of thioether (sulfide) groups is 1. The molecule has 0 fully saturated rings. The Morgan fingerprint density at radius 3 is 2.83 bits per heavy atom. The number of ether oxygens (including phenoxy) is 1. The lowest BCUT2D eigenvalue weighted by atomic mass is 10.2. The summed E-state index contributed by atoms with van der Waals surface area (Å²) < 4.78 is 15.6. The highest BCUT2D eigenvalue weighted by molar-refractivity contribution is 7.99. The molecule has 0 radical (unpaired) electrons. The number of aryl methyl sites for hydroxylation is 1. The van der Waals surface area contributed by atoms with Crippen LogP contribution in [0.3, 0.4) is 0 Å². The summed E-state index contributed by atoms with van der Waals surface area (Å²) in [6.07, 6.45) is 1.53. The number of imidazole rings is 1. The van der Waals surface area contributed by atoms with E-state index in [4.69, 9.17) is 13.6 Å². The molecule has 148 valence electrons. The Labute approximate surface area is 168 Å². The lowest BCUT2D eigenvalue weighted by Crippen LogP contribution is -2.09. The second kappa shape index (κ2) is 7.84. The van der Waals surface area contributed by atoms with Gasteiger partial charge in [0.1, 0.15) is 22.9 Å². The SMILES string of the molecule is COC(=O)/C(=C(/O)CSc1nnc(-c2ccoc2C)o1)c1nc2ccccc2[nH]1. The van der Waals surface area contributed by atoms with Gasteiger partial charge >= 0.3 is 5.97 Å². The van der Waals surface area contributed by atoms with E-state index >= 15 is 0 Å². The zero-order valence-electron chi connectivity index (χ0n) is 15.5. The van der Waals surface area contributed by atoms with Gasteiger partial charge in [0.25, 0.3) is 11.1 Å². The summed E-state index contributed by atoms with van der Waals surface area (Å²) in [6.45, 7) is 1.79. The van der Waals surface area contributed by atoms with Crippen LogP contribution in [0.2, 0.25) is 0 Å². The molecule has 0 aliphatic rings. The second-order valence-electron chi connectivity index (χ2n) is 5.97. The van der Waals surface area contributed by atoms with E-state index in [0.29, 0.717) is 22.7 Å². The van der Waals surface area contributed by atoms with Crippen molar-refractivity contribution < 1.29 is 23.5 Å². The van der Waals surface area contributed by atoms with E-state index in [1.807, 2.05) is 18.2 Å². The van der Waals surface area contributed by atoms with E-state index in [0.717, 1.165) is 17.3 Å². The molecule has 1 aromatic carbocycles. The molecule has 4 rings (SSSR count). The van der Waals surface area contributed by atoms with Gasteiger partial charge in [0, 0.05) is 0 Å². The Bertz CT molecular complexity index is 1170. The van der Waals surface area contributed by atoms with E-state index < -0.39 is 5.97 Å². The van der Waals surface area contributed by atoms with Gasteiger partial charge in [-0.25, -0.2) is 9.78 Å². The summed E-state index contributed by atoms with van der Waals surface area (Å²) in [5.41, 5.74) is 2.05. The fourth-order valence-electron chi connectivity index (χ4n) is 2.71. The fourth-order valence-corrected chi connectivity index (χ4v) is 3.35. The van der Waals surface area contributed by atoms with Gasteiger partial charge in [0.15, 0.2) is 0 Å². The maximum atomic E-state index is 12.3. The van der Waals surface area contributed by atoms with Crippen molar-refractivity contribution in [1.82, 2.24) is 20.2 Å². The molecule has 0 spiro atoms. The first-order chi connectivity index (χ1) is 14.1. The number of aliphatic hydroxyl groups is 1. The monoisotopic (exact) mass is 412 g/mol. The number of rotatable bonds is 6. The molecular formula is C19H16N4O5S. The number of aliphatic hydroxyl groups excluding tert-OH is 1. The minimum Gasteiger partial charge on any atom is -0.510 e. The van der Waals surface area contributed by atoms with E-state index in [1.165, 1.54) is 13.4 Å². The molecule has 2 N–H and O–H groups in total. The molecule has 3 aromatic heterocycles. The van der Waals surface area contributed by atoms with Crippen LogP contribution in [-0.4, -0.2) is 44.1 Å². The van der Waals surface area contributed by atoms with Crippen LogP contribution in [0.15, 0.2) is 56.4 Å². The van der Waals surface area contributed by atoms with Crippen molar-refractivity contribution in [2.24, 2.45) is 0 Å². The molecule has 0 saturated heterocycles. The Balaban J connectivity index is 1.59. The van der Waals surface area contributed by atoms with Gasteiger partial charge in [-0.2, -0.15) is 0 Å². The largest absolute Gasteiger partial charge is 0.510 e. The third-order valence-electron chi connectivity index (χ3n) is 4.13. The number of H-pyrrole nitrogens is 1. The minimum atomic E-state index is -0.706. The van der Waals surface area contributed by atoms with Crippen molar-refractivity contribution in [3.8, 4) is 11.5 Å². The van der Waals surface area contributed by atoms with E-state index in [1.54, 1.807) is 19.1 Å². The summed E-state index contributed by atoms with van der Waals surface area (Å²) in [6, 6.07) is 9.03. The molecule has 10 heteroatoms. The molecular weight excluding hydrogens is 396 g/mol. The standard InChI is InChI=1S/C19H16N4O5S/c1-10-11(7-8-27-10)17-22-23-19(28-17)29-9-14(24)15(18(25)26-2)16-20-12-5-3-4-6-13(12)21-16/h3-8,24H,9H2,1-2H3,(H,20,21)/b15-14+. The Morgan fingerprint density at radius 2 is 2.10 bits per heavy atom. The molecule has 29 heavy (non-hydrogen) atoms. The number of para-hydroxylation sites is 2. The number of hydrogen-bond donors (Lipinski definition) is 2. The third-order valence-corrected chi connectivity index (χ3v) is 4.96. The Kier molecular flexibility index (Phi) is 5.09.